The summed E-state index contributed by atoms with van der Waals surface area (Å²) < 4.78 is 1.06. The van der Waals surface area contributed by atoms with E-state index in [0.717, 1.165) is 16.6 Å². The quantitative estimate of drug-likeness (QED) is 0.798. The molecule has 1 heterocycles. The number of carbonyl (C=O) groups excluding carboxylic acids is 1. The molecule has 1 N–H and O–H groups in total. The third kappa shape index (κ3) is 2.22. The molecular formula is C16H20BrNO. The molecular weight excluding hydrogens is 302 g/mol. The predicted octanol–water partition coefficient (Wildman–Crippen LogP) is 4.70. The molecule has 0 bridgehead atoms. The molecule has 3 heteroatoms. The molecule has 1 aromatic rings. The highest BCUT2D eigenvalue weighted by atomic mass is 79.9. The Labute approximate surface area is 123 Å². The van der Waals surface area contributed by atoms with Crippen LogP contribution in [0.2, 0.25) is 0 Å². The molecule has 2 aliphatic rings. The maximum absolute atomic E-state index is 12.4. The van der Waals surface area contributed by atoms with E-state index in [2.05, 4.69) is 41.2 Å². The Hall–Kier alpha value is -0.830. The summed E-state index contributed by atoms with van der Waals surface area (Å²) in [6.45, 7) is 4.64. The Balaban J connectivity index is 2.01. The number of anilines is 1. The van der Waals surface area contributed by atoms with Gasteiger partial charge < -0.3 is 5.32 Å². The lowest BCUT2D eigenvalue weighted by Gasteiger charge is -2.41. The van der Waals surface area contributed by atoms with Crippen molar-refractivity contribution in [2.24, 2.45) is 11.3 Å². The van der Waals surface area contributed by atoms with Gasteiger partial charge in [0.15, 0.2) is 0 Å². The van der Waals surface area contributed by atoms with Gasteiger partial charge in [0.2, 0.25) is 5.91 Å². The molecule has 0 aromatic heterocycles. The number of nitrogens with one attached hydrogen (secondary N) is 1. The molecule has 3 rings (SSSR count). The van der Waals surface area contributed by atoms with Gasteiger partial charge in [-0.1, -0.05) is 42.6 Å². The summed E-state index contributed by atoms with van der Waals surface area (Å²) in [5, 5.41) is 3.05. The second kappa shape index (κ2) is 4.62. The first-order chi connectivity index (χ1) is 8.99. The molecule has 1 aliphatic carbocycles. The average Bonchev–Trinajstić information content (AvgIpc) is 2.65. The van der Waals surface area contributed by atoms with Crippen LogP contribution in [-0.4, -0.2) is 5.91 Å². The van der Waals surface area contributed by atoms with Gasteiger partial charge in [0.25, 0.3) is 0 Å². The number of amides is 1. The van der Waals surface area contributed by atoms with Crippen LogP contribution >= 0.6 is 15.9 Å². The first kappa shape index (κ1) is 13.2. The summed E-state index contributed by atoms with van der Waals surface area (Å²) in [5.41, 5.74) is 2.43. The molecule has 1 amide bonds. The van der Waals surface area contributed by atoms with Gasteiger partial charge in [-0.2, -0.15) is 0 Å². The third-order valence-electron chi connectivity index (χ3n) is 4.88. The predicted molar refractivity (Wildman–Crippen MR) is 81.3 cm³/mol. The van der Waals surface area contributed by atoms with Crippen LogP contribution < -0.4 is 5.32 Å². The Morgan fingerprint density at radius 2 is 2.11 bits per heavy atom. The standard InChI is InChI=1S/C16H20BrNO/c1-16(2)8-4-3-5-12(16)14-11-9-10(17)6-7-13(11)18-15(14)19/h6-7,9,12,14H,3-5,8H2,1-2H3,(H,18,19). The van der Waals surface area contributed by atoms with E-state index < -0.39 is 0 Å². The minimum Gasteiger partial charge on any atom is -0.325 e. The van der Waals surface area contributed by atoms with Gasteiger partial charge in [-0.3, -0.25) is 4.79 Å². The van der Waals surface area contributed by atoms with Crippen molar-refractivity contribution < 1.29 is 4.79 Å². The molecule has 0 spiro atoms. The summed E-state index contributed by atoms with van der Waals surface area (Å²) in [5.74, 6) is 0.674. The van der Waals surface area contributed by atoms with Crippen molar-refractivity contribution in [1.29, 1.82) is 0 Å². The smallest absolute Gasteiger partial charge is 0.232 e. The van der Waals surface area contributed by atoms with Crippen LogP contribution in [0.1, 0.15) is 51.0 Å². The number of rotatable bonds is 1. The van der Waals surface area contributed by atoms with Crippen LogP contribution in [0, 0.1) is 11.3 Å². The van der Waals surface area contributed by atoms with E-state index in [1.165, 1.54) is 24.8 Å². The summed E-state index contributed by atoms with van der Waals surface area (Å²) in [6, 6.07) is 6.11. The normalized spacial score (nSPS) is 28.9. The highest BCUT2D eigenvalue weighted by molar-refractivity contribution is 9.10. The number of fused-ring (bicyclic) bond motifs is 1. The lowest BCUT2D eigenvalue weighted by Crippen LogP contribution is -2.35. The first-order valence-corrected chi connectivity index (χ1v) is 7.89. The van der Waals surface area contributed by atoms with Gasteiger partial charge in [0, 0.05) is 10.2 Å². The molecule has 19 heavy (non-hydrogen) atoms. The fraction of sp³-hybridized carbons (Fsp3) is 0.562. The van der Waals surface area contributed by atoms with Crippen molar-refractivity contribution in [3.05, 3.63) is 28.2 Å². The zero-order valence-corrected chi connectivity index (χ0v) is 13.1. The number of benzene rings is 1. The van der Waals surface area contributed by atoms with Gasteiger partial charge in [-0.25, -0.2) is 0 Å². The van der Waals surface area contributed by atoms with Crippen LogP contribution in [0.4, 0.5) is 5.69 Å². The molecule has 1 aromatic carbocycles. The van der Waals surface area contributed by atoms with Crippen molar-refractivity contribution in [3.8, 4) is 0 Å². The van der Waals surface area contributed by atoms with E-state index >= 15 is 0 Å². The molecule has 1 fully saturated rings. The molecule has 1 saturated carbocycles. The molecule has 1 aliphatic heterocycles. The molecule has 2 unspecified atom stereocenters. The Bertz CT molecular complexity index is 523. The number of hydrogen-bond acceptors (Lipinski definition) is 1. The highest BCUT2D eigenvalue weighted by Crippen LogP contribution is 2.51. The Kier molecular flexibility index (Phi) is 3.20. The van der Waals surface area contributed by atoms with Gasteiger partial charge >= 0.3 is 0 Å². The summed E-state index contributed by atoms with van der Waals surface area (Å²) in [4.78, 5) is 12.4. The van der Waals surface area contributed by atoms with Gasteiger partial charge in [-0.05, 0) is 47.9 Å². The second-order valence-electron chi connectivity index (χ2n) is 6.54. The van der Waals surface area contributed by atoms with Crippen molar-refractivity contribution >= 4 is 27.5 Å². The summed E-state index contributed by atoms with van der Waals surface area (Å²) in [6.07, 6.45) is 4.94. The van der Waals surface area contributed by atoms with Gasteiger partial charge in [0.1, 0.15) is 0 Å². The van der Waals surface area contributed by atoms with Crippen LogP contribution in [0.5, 0.6) is 0 Å². The lowest BCUT2D eigenvalue weighted by atomic mass is 9.63. The fourth-order valence-electron chi connectivity index (χ4n) is 3.79. The average molecular weight is 322 g/mol. The van der Waals surface area contributed by atoms with Gasteiger partial charge in [-0.15, -0.1) is 0 Å². The third-order valence-corrected chi connectivity index (χ3v) is 5.37. The molecule has 2 atom stereocenters. The van der Waals surface area contributed by atoms with Crippen LogP contribution in [0.25, 0.3) is 0 Å². The summed E-state index contributed by atoms with van der Waals surface area (Å²) >= 11 is 3.53. The largest absolute Gasteiger partial charge is 0.325 e. The maximum atomic E-state index is 12.4. The van der Waals surface area contributed by atoms with Crippen LogP contribution in [-0.2, 0) is 4.79 Å². The van der Waals surface area contributed by atoms with Crippen LogP contribution in [0.3, 0.4) is 0 Å². The fourth-order valence-corrected chi connectivity index (χ4v) is 4.17. The second-order valence-corrected chi connectivity index (χ2v) is 7.46. The van der Waals surface area contributed by atoms with E-state index in [4.69, 9.17) is 0 Å². The highest BCUT2D eigenvalue weighted by Gasteiger charge is 2.44. The van der Waals surface area contributed by atoms with E-state index in [9.17, 15) is 4.79 Å². The lowest BCUT2D eigenvalue weighted by molar-refractivity contribution is -0.119. The first-order valence-electron chi connectivity index (χ1n) is 7.09. The van der Waals surface area contributed by atoms with E-state index in [-0.39, 0.29) is 17.2 Å². The molecule has 0 radical (unpaired) electrons. The monoisotopic (exact) mass is 321 g/mol. The maximum Gasteiger partial charge on any atom is 0.232 e. The zero-order chi connectivity index (χ0) is 13.6. The topological polar surface area (TPSA) is 29.1 Å². The van der Waals surface area contributed by atoms with Gasteiger partial charge in [0.05, 0.1) is 5.92 Å². The SMILES string of the molecule is CC1(C)CCCCC1C1C(=O)Nc2ccc(Br)cc21. The summed E-state index contributed by atoms with van der Waals surface area (Å²) in [7, 11) is 0. The van der Waals surface area contributed by atoms with E-state index in [1.807, 2.05) is 12.1 Å². The van der Waals surface area contributed by atoms with Crippen molar-refractivity contribution in [3.63, 3.8) is 0 Å². The van der Waals surface area contributed by atoms with Crippen molar-refractivity contribution in [2.75, 3.05) is 5.32 Å². The van der Waals surface area contributed by atoms with Crippen molar-refractivity contribution in [1.82, 2.24) is 0 Å². The number of carbonyl (C=O) groups is 1. The van der Waals surface area contributed by atoms with E-state index in [1.54, 1.807) is 0 Å². The number of halogens is 1. The molecule has 102 valence electrons. The Morgan fingerprint density at radius 3 is 2.84 bits per heavy atom. The Morgan fingerprint density at radius 1 is 1.32 bits per heavy atom. The van der Waals surface area contributed by atoms with Crippen molar-refractivity contribution in [2.45, 2.75) is 45.4 Å². The van der Waals surface area contributed by atoms with Crippen LogP contribution in [0.15, 0.2) is 22.7 Å². The minimum atomic E-state index is 0.0304. The molecule has 2 nitrogen and oxygen atoms in total. The number of hydrogen-bond donors (Lipinski definition) is 1. The molecule has 0 saturated heterocycles. The minimum absolute atomic E-state index is 0.0304. The van der Waals surface area contributed by atoms with E-state index in [0.29, 0.717) is 5.92 Å². The zero-order valence-electron chi connectivity index (χ0n) is 11.5.